The Labute approximate surface area is 142 Å². The van der Waals surface area contributed by atoms with Crippen molar-refractivity contribution in [3.05, 3.63) is 0 Å². The number of likely N-dealkylation sites (tertiary alicyclic amines) is 2. The Balaban J connectivity index is 1.57. The normalized spacial score (nSPS) is 22.0. The van der Waals surface area contributed by atoms with Crippen LogP contribution in [0.5, 0.6) is 0 Å². The first-order chi connectivity index (χ1) is 11.1. The van der Waals surface area contributed by atoms with Gasteiger partial charge in [-0.3, -0.25) is 4.79 Å². The smallest absolute Gasteiger partial charge is 0.248 e. The molecule has 0 aromatic carbocycles. The number of ether oxygens (including phenoxy) is 1. The minimum Gasteiger partial charge on any atom is -0.371 e. The van der Waals surface area contributed by atoms with E-state index >= 15 is 0 Å². The highest BCUT2D eigenvalue weighted by atomic mass is 16.5. The van der Waals surface area contributed by atoms with Crippen LogP contribution >= 0.6 is 0 Å². The van der Waals surface area contributed by atoms with E-state index in [1.54, 1.807) is 0 Å². The fourth-order valence-electron chi connectivity index (χ4n) is 3.91. The Morgan fingerprint density at radius 1 is 1.09 bits per heavy atom. The van der Waals surface area contributed by atoms with E-state index in [1.165, 1.54) is 38.9 Å². The Bertz CT molecular complexity index is 343. The lowest BCUT2D eigenvalue weighted by Crippen LogP contribution is -2.41. The summed E-state index contributed by atoms with van der Waals surface area (Å²) in [5, 5.41) is 0. The molecule has 0 bridgehead atoms. The van der Waals surface area contributed by atoms with Crippen molar-refractivity contribution in [2.45, 2.75) is 52.9 Å². The summed E-state index contributed by atoms with van der Waals surface area (Å²) in [6.07, 6.45) is 5.98. The summed E-state index contributed by atoms with van der Waals surface area (Å²) in [4.78, 5) is 16.8. The van der Waals surface area contributed by atoms with Crippen molar-refractivity contribution in [3.8, 4) is 0 Å². The number of hydrogen-bond acceptors (Lipinski definition) is 3. The van der Waals surface area contributed by atoms with Crippen molar-refractivity contribution in [2.75, 3.05) is 45.9 Å². The molecule has 2 fully saturated rings. The molecule has 0 atom stereocenters. The molecule has 2 aliphatic heterocycles. The van der Waals surface area contributed by atoms with E-state index in [4.69, 9.17) is 4.74 Å². The van der Waals surface area contributed by atoms with E-state index in [2.05, 4.69) is 25.7 Å². The van der Waals surface area contributed by atoms with Crippen molar-refractivity contribution < 1.29 is 9.53 Å². The van der Waals surface area contributed by atoms with Gasteiger partial charge in [-0.1, -0.05) is 20.8 Å². The van der Waals surface area contributed by atoms with Gasteiger partial charge in [0.2, 0.25) is 5.91 Å². The van der Waals surface area contributed by atoms with E-state index in [0.29, 0.717) is 5.92 Å². The third-order valence-corrected chi connectivity index (χ3v) is 5.66. The molecule has 4 heteroatoms. The molecule has 0 N–H and O–H groups in total. The molecule has 0 radical (unpaired) electrons. The first-order valence-corrected chi connectivity index (χ1v) is 9.68. The maximum Gasteiger partial charge on any atom is 0.248 e. The third-order valence-electron chi connectivity index (χ3n) is 5.66. The topological polar surface area (TPSA) is 32.8 Å². The van der Waals surface area contributed by atoms with Gasteiger partial charge in [0.25, 0.3) is 0 Å². The summed E-state index contributed by atoms with van der Waals surface area (Å²) in [5.74, 6) is 2.36. The lowest BCUT2D eigenvalue weighted by molar-refractivity contribution is -0.138. The quantitative estimate of drug-likeness (QED) is 0.722. The van der Waals surface area contributed by atoms with Crippen LogP contribution < -0.4 is 0 Å². The van der Waals surface area contributed by atoms with Gasteiger partial charge in [0.05, 0.1) is 6.61 Å². The second kappa shape index (κ2) is 9.63. The van der Waals surface area contributed by atoms with Crippen molar-refractivity contribution >= 4 is 5.91 Å². The summed E-state index contributed by atoms with van der Waals surface area (Å²) in [6, 6.07) is 0. The van der Waals surface area contributed by atoms with Crippen LogP contribution in [-0.2, 0) is 9.53 Å². The molecule has 0 aromatic heterocycles. The van der Waals surface area contributed by atoms with E-state index in [0.717, 1.165) is 44.4 Å². The predicted molar refractivity (Wildman–Crippen MR) is 94.4 cm³/mol. The monoisotopic (exact) mass is 324 g/mol. The highest BCUT2D eigenvalue weighted by molar-refractivity contribution is 5.77. The van der Waals surface area contributed by atoms with E-state index < -0.39 is 0 Å². The van der Waals surface area contributed by atoms with Crippen LogP contribution in [0.4, 0.5) is 0 Å². The lowest BCUT2D eigenvalue weighted by atomic mass is 9.87. The summed E-state index contributed by atoms with van der Waals surface area (Å²) in [6.45, 7) is 13.3. The molecule has 1 amide bonds. The van der Waals surface area contributed by atoms with Crippen molar-refractivity contribution in [1.29, 1.82) is 0 Å². The molecule has 0 spiro atoms. The molecular weight excluding hydrogens is 288 g/mol. The highest BCUT2D eigenvalue weighted by Crippen LogP contribution is 2.24. The van der Waals surface area contributed by atoms with Crippen LogP contribution in [0.1, 0.15) is 52.9 Å². The van der Waals surface area contributed by atoms with Gasteiger partial charge in [0.1, 0.15) is 6.61 Å². The number of rotatable bonds is 7. The van der Waals surface area contributed by atoms with Gasteiger partial charge < -0.3 is 14.5 Å². The van der Waals surface area contributed by atoms with Crippen molar-refractivity contribution in [2.24, 2.45) is 17.8 Å². The van der Waals surface area contributed by atoms with Crippen LogP contribution in [0.3, 0.4) is 0 Å². The average molecular weight is 325 g/mol. The standard InChI is InChI=1S/C19H36N2O2/c1-4-9-20-10-5-17(6-11-20)14-23-15-19(22)21-12-7-18(8-13-21)16(2)3/h16-18H,4-15H2,1-3H3. The maximum absolute atomic E-state index is 12.2. The molecule has 2 aliphatic rings. The second-order valence-corrected chi connectivity index (χ2v) is 7.76. The summed E-state index contributed by atoms with van der Waals surface area (Å²) in [7, 11) is 0. The molecule has 0 unspecified atom stereocenters. The molecule has 134 valence electrons. The number of nitrogens with zero attached hydrogens (tertiary/aromatic N) is 2. The maximum atomic E-state index is 12.2. The summed E-state index contributed by atoms with van der Waals surface area (Å²) < 4.78 is 5.75. The Morgan fingerprint density at radius 3 is 2.30 bits per heavy atom. The van der Waals surface area contributed by atoms with Crippen LogP contribution in [0.2, 0.25) is 0 Å². The highest BCUT2D eigenvalue weighted by Gasteiger charge is 2.25. The van der Waals surface area contributed by atoms with Gasteiger partial charge in [-0.05, 0) is 69.5 Å². The first-order valence-electron chi connectivity index (χ1n) is 9.68. The Hall–Kier alpha value is -0.610. The molecule has 0 saturated carbocycles. The zero-order chi connectivity index (χ0) is 16.7. The van der Waals surface area contributed by atoms with Gasteiger partial charge in [-0.2, -0.15) is 0 Å². The van der Waals surface area contributed by atoms with Gasteiger partial charge >= 0.3 is 0 Å². The molecule has 0 aliphatic carbocycles. The molecule has 4 nitrogen and oxygen atoms in total. The number of hydrogen-bond donors (Lipinski definition) is 0. The van der Waals surface area contributed by atoms with Crippen LogP contribution in [0.15, 0.2) is 0 Å². The Kier molecular flexibility index (Phi) is 7.84. The van der Waals surface area contributed by atoms with Crippen molar-refractivity contribution in [3.63, 3.8) is 0 Å². The van der Waals surface area contributed by atoms with E-state index in [1.807, 2.05) is 4.90 Å². The second-order valence-electron chi connectivity index (χ2n) is 7.76. The van der Waals surface area contributed by atoms with Crippen LogP contribution in [0, 0.1) is 17.8 Å². The predicted octanol–water partition coefficient (Wildman–Crippen LogP) is 3.02. The zero-order valence-electron chi connectivity index (χ0n) is 15.4. The minimum absolute atomic E-state index is 0.190. The van der Waals surface area contributed by atoms with Crippen molar-refractivity contribution in [1.82, 2.24) is 9.80 Å². The van der Waals surface area contributed by atoms with E-state index in [9.17, 15) is 4.79 Å². The fourth-order valence-corrected chi connectivity index (χ4v) is 3.91. The molecule has 2 rings (SSSR count). The van der Waals surface area contributed by atoms with Crippen LogP contribution in [0.25, 0.3) is 0 Å². The molecule has 23 heavy (non-hydrogen) atoms. The summed E-state index contributed by atoms with van der Waals surface area (Å²) in [5.41, 5.74) is 0. The number of amides is 1. The van der Waals surface area contributed by atoms with Gasteiger partial charge in [0, 0.05) is 13.1 Å². The number of carbonyl (C=O) groups excluding carboxylic acids is 1. The molecule has 2 heterocycles. The third kappa shape index (κ3) is 6.07. The van der Waals surface area contributed by atoms with Crippen LogP contribution in [-0.4, -0.2) is 61.6 Å². The average Bonchev–Trinajstić information content (AvgIpc) is 2.56. The SMILES string of the molecule is CCCN1CCC(COCC(=O)N2CCC(C(C)C)CC2)CC1. The molecule has 2 saturated heterocycles. The zero-order valence-corrected chi connectivity index (χ0v) is 15.4. The Morgan fingerprint density at radius 2 is 1.74 bits per heavy atom. The molecule has 0 aromatic rings. The largest absolute Gasteiger partial charge is 0.371 e. The summed E-state index contributed by atoms with van der Waals surface area (Å²) >= 11 is 0. The minimum atomic E-state index is 0.190. The van der Waals surface area contributed by atoms with Gasteiger partial charge in [-0.25, -0.2) is 0 Å². The fraction of sp³-hybridized carbons (Fsp3) is 0.947. The van der Waals surface area contributed by atoms with Gasteiger partial charge in [-0.15, -0.1) is 0 Å². The number of carbonyl (C=O) groups is 1. The van der Waals surface area contributed by atoms with E-state index in [-0.39, 0.29) is 12.5 Å². The molecular formula is C19H36N2O2. The lowest BCUT2D eigenvalue weighted by Gasteiger charge is -2.34. The number of piperidine rings is 2. The first kappa shape index (κ1) is 18.7. The van der Waals surface area contributed by atoms with Gasteiger partial charge in [0.15, 0.2) is 0 Å².